The van der Waals surface area contributed by atoms with Gasteiger partial charge in [-0.3, -0.25) is 0 Å². The Labute approximate surface area is 62.9 Å². The van der Waals surface area contributed by atoms with E-state index in [2.05, 4.69) is 6.58 Å². The second-order valence-corrected chi connectivity index (χ2v) is 2.25. The van der Waals surface area contributed by atoms with Crippen molar-refractivity contribution >= 4 is 0 Å². The monoisotopic (exact) mass is 137 g/mol. The van der Waals surface area contributed by atoms with Crippen molar-refractivity contribution in [2.75, 3.05) is 0 Å². The molecular formula is C9H15N. The van der Waals surface area contributed by atoms with Gasteiger partial charge in [0.2, 0.25) is 0 Å². The van der Waals surface area contributed by atoms with Crippen molar-refractivity contribution in [3.05, 3.63) is 36.5 Å². The van der Waals surface area contributed by atoms with Crippen LogP contribution in [0, 0.1) is 0 Å². The number of hydrogen-bond donors (Lipinski definition) is 1. The zero-order valence-corrected chi connectivity index (χ0v) is 6.67. The summed E-state index contributed by atoms with van der Waals surface area (Å²) in [6.07, 6.45) is 7.77. The van der Waals surface area contributed by atoms with E-state index in [0.717, 1.165) is 5.57 Å². The molecule has 0 unspecified atom stereocenters. The van der Waals surface area contributed by atoms with Crippen LogP contribution in [-0.4, -0.2) is 6.04 Å². The molecule has 0 rings (SSSR count). The first-order valence-corrected chi connectivity index (χ1v) is 3.42. The fourth-order valence-corrected chi connectivity index (χ4v) is 0.442. The molecule has 0 amide bonds. The molecule has 0 aromatic rings. The molecule has 0 radical (unpaired) electrons. The topological polar surface area (TPSA) is 26.0 Å². The fraction of sp³-hybridized carbons (Fsp3) is 0.333. The van der Waals surface area contributed by atoms with E-state index in [1.165, 1.54) is 0 Å². The number of hydrogen-bond acceptors (Lipinski definition) is 1. The Kier molecular flexibility index (Phi) is 4.59. The molecule has 0 heterocycles. The van der Waals surface area contributed by atoms with Gasteiger partial charge in [0, 0.05) is 6.04 Å². The zero-order chi connectivity index (χ0) is 7.98. The van der Waals surface area contributed by atoms with Gasteiger partial charge in [-0.25, -0.2) is 0 Å². The smallest absolute Gasteiger partial charge is 0.0260 e. The van der Waals surface area contributed by atoms with Crippen LogP contribution < -0.4 is 5.73 Å². The maximum atomic E-state index is 5.54. The van der Waals surface area contributed by atoms with E-state index in [9.17, 15) is 0 Å². The summed E-state index contributed by atoms with van der Waals surface area (Å²) in [6.45, 7) is 7.67. The lowest BCUT2D eigenvalue weighted by Crippen LogP contribution is -2.15. The minimum absolute atomic E-state index is 0.0570. The van der Waals surface area contributed by atoms with Crippen molar-refractivity contribution in [3.8, 4) is 0 Å². The van der Waals surface area contributed by atoms with Crippen LogP contribution in [0.15, 0.2) is 36.5 Å². The Balaban J connectivity index is 3.78. The van der Waals surface area contributed by atoms with Gasteiger partial charge in [-0.05, 0) is 19.4 Å². The molecule has 0 bridgehead atoms. The molecule has 1 heteroatoms. The van der Waals surface area contributed by atoms with E-state index in [1.807, 2.05) is 38.2 Å². The van der Waals surface area contributed by atoms with Gasteiger partial charge >= 0.3 is 0 Å². The van der Waals surface area contributed by atoms with Crippen molar-refractivity contribution in [1.82, 2.24) is 0 Å². The largest absolute Gasteiger partial charge is 0.324 e. The Morgan fingerprint density at radius 2 is 2.10 bits per heavy atom. The van der Waals surface area contributed by atoms with Crippen molar-refractivity contribution in [2.24, 2.45) is 5.73 Å². The first-order valence-electron chi connectivity index (χ1n) is 3.42. The van der Waals surface area contributed by atoms with E-state index >= 15 is 0 Å². The fourth-order valence-electron chi connectivity index (χ4n) is 0.442. The molecule has 0 aliphatic heterocycles. The molecule has 1 atom stereocenters. The number of allylic oxidation sites excluding steroid dienone is 3. The summed E-state index contributed by atoms with van der Waals surface area (Å²) in [5, 5.41) is 0. The zero-order valence-electron chi connectivity index (χ0n) is 6.67. The third kappa shape index (κ3) is 4.10. The first kappa shape index (κ1) is 9.18. The van der Waals surface area contributed by atoms with Crippen LogP contribution in [0.2, 0.25) is 0 Å². The summed E-state index contributed by atoms with van der Waals surface area (Å²) in [5.41, 5.74) is 6.50. The van der Waals surface area contributed by atoms with Gasteiger partial charge in [-0.1, -0.05) is 30.9 Å². The van der Waals surface area contributed by atoms with Crippen LogP contribution in [0.3, 0.4) is 0 Å². The van der Waals surface area contributed by atoms with E-state index in [0.29, 0.717) is 0 Å². The second-order valence-electron chi connectivity index (χ2n) is 2.25. The SMILES string of the molecule is C=C(/C=C\C=C/C)[C@H](C)N. The predicted octanol–water partition coefficient (Wildman–Crippen LogP) is 2.02. The third-order valence-electron chi connectivity index (χ3n) is 1.20. The molecule has 0 aliphatic rings. The average molecular weight is 137 g/mol. The van der Waals surface area contributed by atoms with Crippen molar-refractivity contribution < 1.29 is 0 Å². The lowest BCUT2D eigenvalue weighted by atomic mass is 10.1. The van der Waals surface area contributed by atoms with Gasteiger partial charge in [0.15, 0.2) is 0 Å². The lowest BCUT2D eigenvalue weighted by molar-refractivity contribution is 0.889. The van der Waals surface area contributed by atoms with Gasteiger partial charge in [0.05, 0.1) is 0 Å². The van der Waals surface area contributed by atoms with Gasteiger partial charge in [-0.15, -0.1) is 0 Å². The molecule has 2 N–H and O–H groups in total. The highest BCUT2D eigenvalue weighted by molar-refractivity contribution is 5.22. The van der Waals surface area contributed by atoms with Crippen molar-refractivity contribution in [1.29, 1.82) is 0 Å². The predicted molar refractivity (Wildman–Crippen MR) is 46.7 cm³/mol. The Morgan fingerprint density at radius 3 is 2.50 bits per heavy atom. The number of rotatable bonds is 3. The van der Waals surface area contributed by atoms with Gasteiger partial charge in [-0.2, -0.15) is 0 Å². The molecule has 0 aromatic heterocycles. The molecule has 0 aromatic carbocycles. The van der Waals surface area contributed by atoms with Crippen LogP contribution in [0.1, 0.15) is 13.8 Å². The molecule has 0 fully saturated rings. The molecule has 56 valence electrons. The maximum Gasteiger partial charge on any atom is 0.0260 e. The normalized spacial score (nSPS) is 14.7. The standard InChI is InChI=1S/C9H15N/c1-4-5-6-7-8(2)9(3)10/h4-7,9H,2,10H2,1,3H3/b5-4-,7-6-/t9-/m0/s1. The molecule has 0 saturated carbocycles. The second kappa shape index (κ2) is 5.00. The van der Waals surface area contributed by atoms with Crippen LogP contribution in [-0.2, 0) is 0 Å². The minimum Gasteiger partial charge on any atom is -0.324 e. The number of nitrogens with two attached hydrogens (primary N) is 1. The van der Waals surface area contributed by atoms with Gasteiger partial charge < -0.3 is 5.73 Å². The highest BCUT2D eigenvalue weighted by Gasteiger charge is 1.92. The highest BCUT2D eigenvalue weighted by Crippen LogP contribution is 1.96. The van der Waals surface area contributed by atoms with E-state index in [4.69, 9.17) is 5.73 Å². The molecule has 0 saturated heterocycles. The summed E-state index contributed by atoms with van der Waals surface area (Å²) in [4.78, 5) is 0. The van der Waals surface area contributed by atoms with Crippen molar-refractivity contribution in [3.63, 3.8) is 0 Å². The van der Waals surface area contributed by atoms with E-state index < -0.39 is 0 Å². The van der Waals surface area contributed by atoms with Crippen LogP contribution in [0.25, 0.3) is 0 Å². The lowest BCUT2D eigenvalue weighted by Gasteiger charge is -2.01. The van der Waals surface area contributed by atoms with Crippen LogP contribution >= 0.6 is 0 Å². The van der Waals surface area contributed by atoms with E-state index in [-0.39, 0.29) is 6.04 Å². The Bertz CT molecular complexity index is 152. The van der Waals surface area contributed by atoms with Crippen LogP contribution in [0.5, 0.6) is 0 Å². The van der Waals surface area contributed by atoms with Gasteiger partial charge in [0.25, 0.3) is 0 Å². The minimum atomic E-state index is 0.0570. The quantitative estimate of drug-likeness (QED) is 0.592. The maximum absolute atomic E-state index is 5.54. The summed E-state index contributed by atoms with van der Waals surface area (Å²) in [7, 11) is 0. The summed E-state index contributed by atoms with van der Waals surface area (Å²) in [5.74, 6) is 0. The van der Waals surface area contributed by atoms with E-state index in [1.54, 1.807) is 0 Å². The van der Waals surface area contributed by atoms with Crippen LogP contribution in [0.4, 0.5) is 0 Å². The molecular weight excluding hydrogens is 122 g/mol. The third-order valence-corrected chi connectivity index (χ3v) is 1.20. The summed E-state index contributed by atoms with van der Waals surface area (Å²) < 4.78 is 0. The summed E-state index contributed by atoms with van der Waals surface area (Å²) in [6, 6.07) is 0.0570. The molecule has 1 nitrogen and oxygen atoms in total. The van der Waals surface area contributed by atoms with Crippen molar-refractivity contribution in [2.45, 2.75) is 19.9 Å². The average Bonchev–Trinajstić information content (AvgIpc) is 1.88. The molecule has 0 aliphatic carbocycles. The summed E-state index contributed by atoms with van der Waals surface area (Å²) >= 11 is 0. The molecule has 0 spiro atoms. The first-order chi connectivity index (χ1) is 4.68. The highest BCUT2D eigenvalue weighted by atomic mass is 14.6. The molecule has 10 heavy (non-hydrogen) atoms. The van der Waals surface area contributed by atoms with Gasteiger partial charge in [0.1, 0.15) is 0 Å². The Morgan fingerprint density at radius 1 is 1.50 bits per heavy atom. The Hall–Kier alpha value is -0.820.